The minimum absolute atomic E-state index is 0.528. The summed E-state index contributed by atoms with van der Waals surface area (Å²) in [5.74, 6) is 0.878. The van der Waals surface area contributed by atoms with Crippen molar-refractivity contribution in [2.24, 2.45) is 11.3 Å². The number of rotatable bonds is 4. The van der Waals surface area contributed by atoms with Crippen LogP contribution < -0.4 is 0 Å². The molecule has 0 spiro atoms. The smallest absolute Gasteiger partial charge is 0.0818 e. The fourth-order valence-electron chi connectivity index (χ4n) is 3.44. The van der Waals surface area contributed by atoms with Crippen LogP contribution in [0.15, 0.2) is 24.3 Å². The molecule has 14 heavy (non-hydrogen) atoms. The van der Waals surface area contributed by atoms with E-state index in [1.807, 2.05) is 0 Å². The second-order valence-electron chi connectivity index (χ2n) is 5.13. The molecule has 76 valence electrons. The third kappa shape index (κ3) is 1.26. The normalized spacial score (nSPS) is 43.9. The first-order valence-electron chi connectivity index (χ1n) is 5.76. The van der Waals surface area contributed by atoms with E-state index in [1.165, 1.54) is 25.7 Å². The van der Waals surface area contributed by atoms with Gasteiger partial charge in [0.25, 0.3) is 0 Å². The Labute approximate surface area is 85.8 Å². The van der Waals surface area contributed by atoms with Crippen LogP contribution in [0.4, 0.5) is 0 Å². The average molecular weight is 190 g/mol. The van der Waals surface area contributed by atoms with Crippen LogP contribution in [-0.4, -0.2) is 12.7 Å². The second-order valence-corrected chi connectivity index (χ2v) is 5.13. The highest BCUT2D eigenvalue weighted by Crippen LogP contribution is 2.58. The molecule has 0 aromatic rings. The lowest BCUT2D eigenvalue weighted by molar-refractivity contribution is 0.281. The van der Waals surface area contributed by atoms with Crippen molar-refractivity contribution in [3.05, 3.63) is 24.3 Å². The summed E-state index contributed by atoms with van der Waals surface area (Å²) in [7, 11) is 0. The van der Waals surface area contributed by atoms with Gasteiger partial charge in [0.1, 0.15) is 0 Å². The maximum atomic E-state index is 5.39. The maximum Gasteiger partial charge on any atom is 0.0818 e. The molecule has 1 heterocycles. The molecule has 0 radical (unpaired) electrons. The van der Waals surface area contributed by atoms with E-state index < -0.39 is 0 Å². The van der Waals surface area contributed by atoms with Crippen LogP contribution in [0.25, 0.3) is 0 Å². The Morgan fingerprint density at radius 1 is 1.64 bits per heavy atom. The van der Waals surface area contributed by atoms with Crippen molar-refractivity contribution in [3.63, 3.8) is 0 Å². The van der Waals surface area contributed by atoms with Crippen LogP contribution in [-0.2, 0) is 4.74 Å². The molecular weight excluding hydrogens is 172 g/mol. The number of ether oxygens (including phenoxy) is 1. The van der Waals surface area contributed by atoms with Crippen LogP contribution in [0.3, 0.4) is 0 Å². The standard InChI is InChI=1S/C13H18O/c1-2-3-11-6-10-4-5-13(11,7-10)8-12-9-14-12/h2,6,10,12H,1,3-5,7-9H2. The van der Waals surface area contributed by atoms with Gasteiger partial charge in [-0.15, -0.1) is 6.58 Å². The van der Waals surface area contributed by atoms with E-state index in [1.54, 1.807) is 5.57 Å². The summed E-state index contributed by atoms with van der Waals surface area (Å²) < 4.78 is 5.39. The summed E-state index contributed by atoms with van der Waals surface area (Å²) in [6, 6.07) is 0. The van der Waals surface area contributed by atoms with Crippen molar-refractivity contribution >= 4 is 0 Å². The molecule has 1 aliphatic heterocycles. The first-order valence-corrected chi connectivity index (χ1v) is 5.76. The minimum atomic E-state index is 0.528. The second kappa shape index (κ2) is 2.96. The third-order valence-corrected chi connectivity index (χ3v) is 4.15. The van der Waals surface area contributed by atoms with Gasteiger partial charge in [0.2, 0.25) is 0 Å². The van der Waals surface area contributed by atoms with Crippen LogP contribution in [0.2, 0.25) is 0 Å². The van der Waals surface area contributed by atoms with Crippen LogP contribution in [0.5, 0.6) is 0 Å². The molecule has 0 aromatic carbocycles. The number of hydrogen-bond acceptors (Lipinski definition) is 1. The Morgan fingerprint density at radius 3 is 3.14 bits per heavy atom. The molecule has 3 rings (SSSR count). The quantitative estimate of drug-likeness (QED) is 0.490. The maximum absolute atomic E-state index is 5.39. The van der Waals surface area contributed by atoms with Crippen LogP contribution in [0.1, 0.15) is 32.1 Å². The van der Waals surface area contributed by atoms with E-state index in [-0.39, 0.29) is 0 Å². The SMILES string of the molecule is C=CCC1=CC2CCC1(CC1CO1)C2. The van der Waals surface area contributed by atoms with E-state index in [4.69, 9.17) is 4.74 Å². The Morgan fingerprint density at radius 2 is 2.50 bits per heavy atom. The molecule has 0 amide bonds. The molecule has 2 fully saturated rings. The van der Waals surface area contributed by atoms with Gasteiger partial charge in [0, 0.05) is 0 Å². The van der Waals surface area contributed by atoms with Crippen molar-refractivity contribution in [3.8, 4) is 0 Å². The molecular formula is C13H18O. The first kappa shape index (κ1) is 8.72. The van der Waals surface area contributed by atoms with Crippen molar-refractivity contribution in [1.82, 2.24) is 0 Å². The molecule has 2 bridgehead atoms. The van der Waals surface area contributed by atoms with Gasteiger partial charge in [-0.25, -0.2) is 0 Å². The van der Waals surface area contributed by atoms with Crippen molar-refractivity contribution in [2.75, 3.05) is 6.61 Å². The van der Waals surface area contributed by atoms with Gasteiger partial charge >= 0.3 is 0 Å². The average Bonchev–Trinajstić information content (AvgIpc) is 2.77. The lowest BCUT2D eigenvalue weighted by Crippen LogP contribution is -2.20. The topological polar surface area (TPSA) is 12.5 Å². The molecule has 1 saturated heterocycles. The van der Waals surface area contributed by atoms with Crippen molar-refractivity contribution in [1.29, 1.82) is 0 Å². The zero-order valence-corrected chi connectivity index (χ0v) is 8.67. The lowest BCUT2D eigenvalue weighted by atomic mass is 9.75. The molecule has 0 aromatic heterocycles. The Bertz CT molecular complexity index is 288. The number of hydrogen-bond donors (Lipinski definition) is 0. The fraction of sp³-hybridized carbons (Fsp3) is 0.692. The molecule has 3 atom stereocenters. The predicted molar refractivity (Wildman–Crippen MR) is 57.0 cm³/mol. The van der Waals surface area contributed by atoms with Gasteiger partial charge in [-0.2, -0.15) is 0 Å². The summed E-state index contributed by atoms with van der Waals surface area (Å²) in [6.45, 7) is 4.87. The number of epoxide rings is 1. The van der Waals surface area contributed by atoms with E-state index in [9.17, 15) is 0 Å². The van der Waals surface area contributed by atoms with Gasteiger partial charge < -0.3 is 4.74 Å². The number of fused-ring (bicyclic) bond motifs is 2. The zero-order valence-electron chi connectivity index (χ0n) is 8.67. The minimum Gasteiger partial charge on any atom is -0.373 e. The fourth-order valence-corrected chi connectivity index (χ4v) is 3.44. The van der Waals surface area contributed by atoms with E-state index in [2.05, 4.69) is 18.7 Å². The predicted octanol–water partition coefficient (Wildman–Crippen LogP) is 3.08. The van der Waals surface area contributed by atoms with Gasteiger partial charge in [-0.3, -0.25) is 0 Å². The summed E-state index contributed by atoms with van der Waals surface area (Å²) in [4.78, 5) is 0. The van der Waals surface area contributed by atoms with Crippen molar-refractivity contribution < 1.29 is 4.74 Å². The van der Waals surface area contributed by atoms with Gasteiger partial charge in [0.05, 0.1) is 12.7 Å². The summed E-state index contributed by atoms with van der Waals surface area (Å²) in [6.07, 6.45) is 11.8. The Balaban J connectivity index is 1.81. The largest absolute Gasteiger partial charge is 0.373 e. The van der Waals surface area contributed by atoms with Gasteiger partial charge in [0.15, 0.2) is 0 Å². The molecule has 1 heteroatoms. The number of allylic oxidation sites excluding steroid dienone is 3. The van der Waals surface area contributed by atoms with Crippen molar-refractivity contribution in [2.45, 2.75) is 38.2 Å². The summed E-state index contributed by atoms with van der Waals surface area (Å²) in [5, 5.41) is 0. The monoisotopic (exact) mass is 190 g/mol. The lowest BCUT2D eigenvalue weighted by Gasteiger charge is -2.29. The Kier molecular flexibility index (Phi) is 1.85. The van der Waals surface area contributed by atoms with Crippen LogP contribution in [0, 0.1) is 11.3 Å². The highest BCUT2D eigenvalue weighted by Gasteiger charge is 2.48. The molecule has 0 N–H and O–H groups in total. The molecule has 2 aliphatic carbocycles. The zero-order chi connectivity index (χ0) is 9.60. The molecule has 3 aliphatic rings. The van der Waals surface area contributed by atoms with E-state index >= 15 is 0 Å². The van der Waals surface area contributed by atoms with Gasteiger partial charge in [-0.05, 0) is 43.4 Å². The van der Waals surface area contributed by atoms with Crippen LogP contribution >= 0.6 is 0 Å². The Hall–Kier alpha value is -0.560. The van der Waals surface area contributed by atoms with E-state index in [0.717, 1.165) is 18.9 Å². The highest BCUT2D eigenvalue weighted by atomic mass is 16.6. The summed E-state index contributed by atoms with van der Waals surface area (Å²) in [5.41, 5.74) is 2.19. The summed E-state index contributed by atoms with van der Waals surface area (Å²) >= 11 is 0. The highest BCUT2D eigenvalue weighted by molar-refractivity contribution is 5.28. The van der Waals surface area contributed by atoms with Gasteiger partial charge in [-0.1, -0.05) is 17.7 Å². The molecule has 3 unspecified atom stereocenters. The third-order valence-electron chi connectivity index (χ3n) is 4.15. The molecule has 1 saturated carbocycles. The van der Waals surface area contributed by atoms with E-state index in [0.29, 0.717) is 11.5 Å². The molecule has 1 nitrogen and oxygen atoms in total. The first-order chi connectivity index (χ1) is 6.82.